The van der Waals surface area contributed by atoms with E-state index in [-0.39, 0.29) is 11.9 Å². The highest BCUT2D eigenvalue weighted by molar-refractivity contribution is 7.15. The lowest BCUT2D eigenvalue weighted by Gasteiger charge is -2.14. The van der Waals surface area contributed by atoms with E-state index in [4.69, 9.17) is 16.6 Å². The maximum Gasteiger partial charge on any atom is 0.220 e. The quantitative estimate of drug-likeness (QED) is 0.360. The molecule has 4 rings (SSSR count). The Morgan fingerprint density at radius 1 is 1.11 bits per heavy atom. The van der Waals surface area contributed by atoms with Gasteiger partial charge in [-0.05, 0) is 58.5 Å². The summed E-state index contributed by atoms with van der Waals surface area (Å²) in [5.74, 6) is 1.56. The molecule has 0 spiro atoms. The highest BCUT2D eigenvalue weighted by atomic mass is 35.5. The molecule has 1 aliphatic rings. The molecule has 0 fully saturated rings. The van der Waals surface area contributed by atoms with Crippen molar-refractivity contribution in [1.82, 2.24) is 30.7 Å². The standard InChI is InChI=1S/C25H32ClN7OS/c1-15-16(2)35-25-22(15)23(18-7-9-19(26)10-8-18)30-20(24-32-31-17(3)33(24)25)14-29-21(34)6-5-11-28-13-12-27-4/h7-10,20,27-28H,5-6,11-14H2,1-4H3,(H,29,34). The summed E-state index contributed by atoms with van der Waals surface area (Å²) in [7, 11) is 1.92. The molecule has 1 atom stereocenters. The first kappa shape index (κ1) is 25.5. The van der Waals surface area contributed by atoms with E-state index < -0.39 is 0 Å². The van der Waals surface area contributed by atoms with Gasteiger partial charge in [0.05, 0.1) is 5.71 Å². The zero-order valence-electron chi connectivity index (χ0n) is 20.6. The van der Waals surface area contributed by atoms with Gasteiger partial charge in [-0.25, -0.2) is 0 Å². The number of carbonyl (C=O) groups excluding carboxylic acids is 1. The fourth-order valence-corrected chi connectivity index (χ4v) is 5.48. The number of halogens is 1. The third-order valence-corrected chi connectivity index (χ3v) is 7.60. The average molecular weight is 514 g/mol. The Balaban J connectivity index is 1.60. The van der Waals surface area contributed by atoms with Gasteiger partial charge in [0.2, 0.25) is 5.91 Å². The van der Waals surface area contributed by atoms with E-state index in [1.54, 1.807) is 11.3 Å². The number of aliphatic imine (C=N–C) groups is 1. The largest absolute Gasteiger partial charge is 0.353 e. The van der Waals surface area contributed by atoms with Crippen LogP contribution >= 0.6 is 22.9 Å². The Hall–Kier alpha value is -2.59. The molecule has 8 nitrogen and oxygen atoms in total. The number of carbonyl (C=O) groups is 1. The lowest BCUT2D eigenvalue weighted by Crippen LogP contribution is -2.30. The SMILES string of the molecule is CNCCNCCCC(=O)NCC1N=C(c2ccc(Cl)cc2)c2c(sc(C)c2C)-n2c(C)nnc21. The van der Waals surface area contributed by atoms with Crippen LogP contribution in [0, 0.1) is 20.8 Å². The van der Waals surface area contributed by atoms with Crippen LogP contribution in [0.1, 0.15) is 52.1 Å². The van der Waals surface area contributed by atoms with Crippen molar-refractivity contribution >= 4 is 34.6 Å². The normalized spacial score (nSPS) is 14.8. The van der Waals surface area contributed by atoms with Crippen molar-refractivity contribution in [3.05, 3.63) is 62.5 Å². The number of rotatable bonds is 10. The summed E-state index contributed by atoms with van der Waals surface area (Å²) in [6.45, 7) is 9.17. The predicted octanol–water partition coefficient (Wildman–Crippen LogP) is 3.50. The van der Waals surface area contributed by atoms with Crippen LogP contribution in [0.4, 0.5) is 0 Å². The molecule has 1 amide bonds. The predicted molar refractivity (Wildman–Crippen MR) is 142 cm³/mol. The second kappa shape index (κ2) is 11.4. The zero-order chi connectivity index (χ0) is 24.9. The second-order valence-electron chi connectivity index (χ2n) is 8.67. The van der Waals surface area contributed by atoms with Crippen molar-refractivity contribution < 1.29 is 4.79 Å². The smallest absolute Gasteiger partial charge is 0.220 e. The molecular formula is C25H32ClN7OS. The summed E-state index contributed by atoms with van der Waals surface area (Å²) < 4.78 is 2.09. The van der Waals surface area contributed by atoms with E-state index in [2.05, 4.69) is 44.6 Å². The molecule has 0 saturated heterocycles. The number of nitrogens with zero attached hydrogens (tertiary/aromatic N) is 4. The molecule has 0 aliphatic carbocycles. The van der Waals surface area contributed by atoms with E-state index in [0.29, 0.717) is 18.0 Å². The number of aromatic nitrogens is 3. The molecular weight excluding hydrogens is 482 g/mol. The van der Waals surface area contributed by atoms with Crippen molar-refractivity contribution in [3.8, 4) is 5.00 Å². The monoisotopic (exact) mass is 513 g/mol. The minimum atomic E-state index is -0.362. The van der Waals surface area contributed by atoms with Gasteiger partial charge in [0, 0.05) is 47.1 Å². The number of hydrogen-bond acceptors (Lipinski definition) is 7. The maximum absolute atomic E-state index is 12.6. The molecule has 186 valence electrons. The summed E-state index contributed by atoms with van der Waals surface area (Å²) in [5.41, 5.74) is 4.14. The van der Waals surface area contributed by atoms with E-state index in [0.717, 1.165) is 59.5 Å². The Morgan fingerprint density at radius 2 is 1.89 bits per heavy atom. The summed E-state index contributed by atoms with van der Waals surface area (Å²) in [6, 6.07) is 7.38. The molecule has 0 radical (unpaired) electrons. The highest BCUT2D eigenvalue weighted by Gasteiger charge is 2.31. The number of amides is 1. The molecule has 0 bridgehead atoms. The van der Waals surface area contributed by atoms with Crippen LogP contribution in [-0.4, -0.2) is 59.6 Å². The van der Waals surface area contributed by atoms with E-state index in [1.165, 1.54) is 10.4 Å². The minimum Gasteiger partial charge on any atom is -0.353 e. The second-order valence-corrected chi connectivity index (χ2v) is 10.3. The minimum absolute atomic E-state index is 0.0116. The summed E-state index contributed by atoms with van der Waals surface area (Å²) in [6.07, 6.45) is 1.24. The van der Waals surface area contributed by atoms with Crippen LogP contribution in [-0.2, 0) is 4.79 Å². The van der Waals surface area contributed by atoms with Crippen molar-refractivity contribution in [2.75, 3.05) is 33.2 Å². The number of aryl methyl sites for hydroxylation is 2. The number of nitrogens with one attached hydrogen (secondary N) is 3. The molecule has 3 N–H and O–H groups in total. The molecule has 0 saturated carbocycles. The lowest BCUT2D eigenvalue weighted by atomic mass is 10.00. The lowest BCUT2D eigenvalue weighted by molar-refractivity contribution is -0.121. The van der Waals surface area contributed by atoms with Crippen LogP contribution < -0.4 is 16.0 Å². The average Bonchev–Trinajstić information content (AvgIpc) is 3.31. The summed E-state index contributed by atoms with van der Waals surface area (Å²) in [5, 5.41) is 20.1. The van der Waals surface area contributed by atoms with E-state index >= 15 is 0 Å². The van der Waals surface area contributed by atoms with Gasteiger partial charge in [-0.3, -0.25) is 14.4 Å². The van der Waals surface area contributed by atoms with Gasteiger partial charge in [0.1, 0.15) is 16.9 Å². The van der Waals surface area contributed by atoms with Gasteiger partial charge in [-0.15, -0.1) is 21.5 Å². The van der Waals surface area contributed by atoms with Crippen LogP contribution in [0.2, 0.25) is 5.02 Å². The van der Waals surface area contributed by atoms with Crippen molar-refractivity contribution in [3.63, 3.8) is 0 Å². The first-order valence-corrected chi connectivity index (χ1v) is 13.1. The number of hydrogen-bond donors (Lipinski definition) is 3. The Labute approximate surface area is 215 Å². The Kier molecular flexibility index (Phi) is 8.33. The van der Waals surface area contributed by atoms with Crippen LogP contribution in [0.5, 0.6) is 0 Å². The molecule has 1 aliphatic heterocycles. The number of likely N-dealkylation sites (N-methyl/N-ethyl adjacent to an activating group) is 1. The topological polar surface area (TPSA) is 96.2 Å². The molecule has 3 aromatic rings. The van der Waals surface area contributed by atoms with E-state index in [1.807, 2.05) is 38.2 Å². The van der Waals surface area contributed by atoms with Crippen molar-refractivity contribution in [1.29, 1.82) is 0 Å². The number of benzene rings is 1. The van der Waals surface area contributed by atoms with Gasteiger partial charge in [-0.2, -0.15) is 0 Å². The summed E-state index contributed by atoms with van der Waals surface area (Å²) >= 11 is 7.89. The molecule has 35 heavy (non-hydrogen) atoms. The van der Waals surface area contributed by atoms with Gasteiger partial charge >= 0.3 is 0 Å². The third kappa shape index (κ3) is 5.64. The summed E-state index contributed by atoms with van der Waals surface area (Å²) in [4.78, 5) is 19.0. The highest BCUT2D eigenvalue weighted by Crippen LogP contribution is 2.38. The van der Waals surface area contributed by atoms with Gasteiger partial charge in [0.25, 0.3) is 0 Å². The number of thiophene rings is 1. The van der Waals surface area contributed by atoms with Crippen molar-refractivity contribution in [2.24, 2.45) is 4.99 Å². The molecule has 3 heterocycles. The van der Waals surface area contributed by atoms with Crippen LogP contribution in [0.25, 0.3) is 5.00 Å². The maximum atomic E-state index is 12.6. The van der Waals surface area contributed by atoms with E-state index in [9.17, 15) is 4.79 Å². The number of fused-ring (bicyclic) bond motifs is 3. The molecule has 2 aromatic heterocycles. The van der Waals surface area contributed by atoms with Gasteiger partial charge in [-0.1, -0.05) is 23.7 Å². The zero-order valence-corrected chi connectivity index (χ0v) is 22.2. The first-order chi connectivity index (χ1) is 16.9. The first-order valence-electron chi connectivity index (χ1n) is 11.9. The van der Waals surface area contributed by atoms with Crippen LogP contribution in [0.3, 0.4) is 0 Å². The Bertz CT molecular complexity index is 1220. The van der Waals surface area contributed by atoms with Gasteiger partial charge in [0.15, 0.2) is 5.82 Å². The fraction of sp³-hybridized carbons (Fsp3) is 0.440. The molecule has 10 heteroatoms. The van der Waals surface area contributed by atoms with Gasteiger partial charge < -0.3 is 16.0 Å². The van der Waals surface area contributed by atoms with Crippen molar-refractivity contribution in [2.45, 2.75) is 39.7 Å². The van der Waals surface area contributed by atoms with Crippen LogP contribution in [0.15, 0.2) is 29.3 Å². The molecule has 1 unspecified atom stereocenters. The Morgan fingerprint density at radius 3 is 2.63 bits per heavy atom. The third-order valence-electron chi connectivity index (χ3n) is 6.16. The molecule has 1 aromatic carbocycles. The fourth-order valence-electron chi connectivity index (χ4n) is 4.14.